The highest BCUT2D eigenvalue weighted by atomic mass is 79.9. The summed E-state index contributed by atoms with van der Waals surface area (Å²) in [6, 6.07) is 12.1. The summed E-state index contributed by atoms with van der Waals surface area (Å²) in [6.45, 7) is -0.174. The summed E-state index contributed by atoms with van der Waals surface area (Å²) in [4.78, 5) is 27.8. The van der Waals surface area contributed by atoms with E-state index in [0.717, 1.165) is 10.0 Å². The first-order valence-electron chi connectivity index (χ1n) is 7.32. The molecule has 0 spiro atoms. The van der Waals surface area contributed by atoms with E-state index in [1.807, 2.05) is 12.1 Å². The van der Waals surface area contributed by atoms with E-state index in [-0.39, 0.29) is 18.1 Å². The van der Waals surface area contributed by atoms with Gasteiger partial charge in [0.2, 0.25) is 5.91 Å². The summed E-state index contributed by atoms with van der Waals surface area (Å²) < 4.78 is 6.05. The highest BCUT2D eigenvalue weighted by molar-refractivity contribution is 9.10. The smallest absolute Gasteiger partial charge is 0.273 e. The molecule has 8 heteroatoms. The number of hydrogen-bond donors (Lipinski definition) is 2. The number of rotatable bonds is 5. The second kappa shape index (κ2) is 7.71. The van der Waals surface area contributed by atoms with Gasteiger partial charge in [-0.1, -0.05) is 21.1 Å². The predicted octanol–water partition coefficient (Wildman–Crippen LogP) is 2.87. The van der Waals surface area contributed by atoms with Crippen LogP contribution in [0.1, 0.15) is 10.5 Å². The number of nitrogens with one attached hydrogen (secondary N) is 2. The summed E-state index contributed by atoms with van der Waals surface area (Å²) in [6.07, 6.45) is 3.23. The third-order valence-electron chi connectivity index (χ3n) is 3.25. The molecule has 0 saturated heterocycles. The van der Waals surface area contributed by atoms with Crippen molar-refractivity contribution in [3.63, 3.8) is 0 Å². The predicted molar refractivity (Wildman–Crippen MR) is 94.8 cm³/mol. The van der Waals surface area contributed by atoms with Crippen molar-refractivity contribution in [1.29, 1.82) is 0 Å². The molecular weight excluding hydrogens is 388 g/mol. The minimum absolute atomic E-state index is 0.100. The van der Waals surface area contributed by atoms with Gasteiger partial charge in [0.15, 0.2) is 11.5 Å². The molecule has 0 aliphatic carbocycles. The van der Waals surface area contributed by atoms with Gasteiger partial charge in [0, 0.05) is 34.2 Å². The Morgan fingerprint density at radius 3 is 2.52 bits per heavy atom. The number of nitrogens with zero attached hydrogens (tertiary/aromatic N) is 2. The third-order valence-corrected chi connectivity index (χ3v) is 3.77. The number of hydrogen-bond acceptors (Lipinski definition) is 5. The number of amides is 2. The first-order valence-corrected chi connectivity index (χ1v) is 8.12. The minimum Gasteiger partial charge on any atom is -0.355 e. The summed E-state index contributed by atoms with van der Waals surface area (Å²) in [5.41, 5.74) is 1.50. The Bertz CT molecular complexity index is 878. The Morgan fingerprint density at radius 1 is 1.08 bits per heavy atom. The third kappa shape index (κ3) is 4.51. The standard InChI is InChI=1S/C17H13BrN4O3/c18-12-1-3-13(4-2-12)21-16(23)10-20-17(24)14-9-15(25-22-14)11-5-7-19-8-6-11/h1-9H,10H2,(H,20,24)(H,21,23). The van der Waals surface area contributed by atoms with Crippen LogP contribution in [0.4, 0.5) is 5.69 Å². The molecule has 2 N–H and O–H groups in total. The molecule has 0 aliphatic rings. The summed E-state index contributed by atoms with van der Waals surface area (Å²) in [5.74, 6) is -0.379. The molecule has 3 rings (SSSR count). The maximum atomic E-state index is 12.1. The molecule has 3 aromatic rings. The van der Waals surface area contributed by atoms with Crippen molar-refractivity contribution >= 4 is 33.4 Å². The lowest BCUT2D eigenvalue weighted by molar-refractivity contribution is -0.115. The van der Waals surface area contributed by atoms with Crippen molar-refractivity contribution in [3.05, 3.63) is 65.0 Å². The van der Waals surface area contributed by atoms with Crippen LogP contribution in [0, 0.1) is 0 Å². The molecule has 0 radical (unpaired) electrons. The Morgan fingerprint density at radius 2 is 1.80 bits per heavy atom. The lowest BCUT2D eigenvalue weighted by Crippen LogP contribution is -2.33. The first-order chi connectivity index (χ1) is 12.1. The van der Waals surface area contributed by atoms with Gasteiger partial charge >= 0.3 is 0 Å². The summed E-state index contributed by atoms with van der Waals surface area (Å²) >= 11 is 3.32. The molecular formula is C17H13BrN4O3. The Balaban J connectivity index is 1.55. The van der Waals surface area contributed by atoms with E-state index in [1.165, 1.54) is 6.07 Å². The van der Waals surface area contributed by atoms with Gasteiger partial charge in [-0.3, -0.25) is 14.6 Å². The maximum absolute atomic E-state index is 12.1. The van der Waals surface area contributed by atoms with Crippen molar-refractivity contribution in [2.24, 2.45) is 0 Å². The van der Waals surface area contributed by atoms with E-state index < -0.39 is 5.91 Å². The fourth-order valence-corrected chi connectivity index (χ4v) is 2.29. The fraction of sp³-hybridized carbons (Fsp3) is 0.0588. The zero-order chi connectivity index (χ0) is 17.6. The van der Waals surface area contributed by atoms with Crippen molar-refractivity contribution < 1.29 is 14.1 Å². The van der Waals surface area contributed by atoms with Crippen LogP contribution in [0.5, 0.6) is 0 Å². The molecule has 1 aromatic carbocycles. The lowest BCUT2D eigenvalue weighted by Gasteiger charge is -2.05. The molecule has 25 heavy (non-hydrogen) atoms. The van der Waals surface area contributed by atoms with Crippen LogP contribution >= 0.6 is 15.9 Å². The zero-order valence-electron chi connectivity index (χ0n) is 12.9. The second-order valence-corrected chi connectivity index (χ2v) is 5.97. The van der Waals surface area contributed by atoms with Gasteiger partial charge in [0.1, 0.15) is 0 Å². The monoisotopic (exact) mass is 400 g/mol. The fourth-order valence-electron chi connectivity index (χ4n) is 2.02. The van der Waals surface area contributed by atoms with Crippen LogP contribution in [0.2, 0.25) is 0 Å². The molecule has 2 aromatic heterocycles. The molecule has 0 atom stereocenters. The van der Waals surface area contributed by atoms with Crippen LogP contribution in [-0.4, -0.2) is 28.5 Å². The average molecular weight is 401 g/mol. The average Bonchev–Trinajstić information content (AvgIpc) is 3.13. The maximum Gasteiger partial charge on any atom is 0.273 e. The Hall–Kier alpha value is -3.00. The van der Waals surface area contributed by atoms with E-state index >= 15 is 0 Å². The van der Waals surface area contributed by atoms with Gasteiger partial charge in [-0.05, 0) is 36.4 Å². The zero-order valence-corrected chi connectivity index (χ0v) is 14.5. The molecule has 2 heterocycles. The van der Waals surface area contributed by atoms with Crippen LogP contribution in [-0.2, 0) is 4.79 Å². The second-order valence-electron chi connectivity index (χ2n) is 5.05. The molecule has 0 aliphatic heterocycles. The molecule has 7 nitrogen and oxygen atoms in total. The van der Waals surface area contributed by atoms with Gasteiger partial charge in [-0.15, -0.1) is 0 Å². The van der Waals surface area contributed by atoms with Gasteiger partial charge < -0.3 is 15.2 Å². The highest BCUT2D eigenvalue weighted by Crippen LogP contribution is 2.19. The minimum atomic E-state index is -0.491. The number of carbonyl (C=O) groups is 2. The summed E-state index contributed by atoms with van der Waals surface area (Å²) in [7, 11) is 0. The van der Waals surface area contributed by atoms with Crippen molar-refractivity contribution in [2.75, 3.05) is 11.9 Å². The van der Waals surface area contributed by atoms with Gasteiger partial charge in [-0.25, -0.2) is 0 Å². The summed E-state index contributed by atoms with van der Waals surface area (Å²) in [5, 5.41) is 8.90. The largest absolute Gasteiger partial charge is 0.355 e. The Kier molecular flexibility index (Phi) is 5.20. The van der Waals surface area contributed by atoms with Gasteiger partial charge in [-0.2, -0.15) is 0 Å². The van der Waals surface area contributed by atoms with E-state index in [1.54, 1.807) is 36.7 Å². The number of halogens is 1. The van der Waals surface area contributed by atoms with Crippen LogP contribution < -0.4 is 10.6 Å². The normalized spacial score (nSPS) is 10.3. The van der Waals surface area contributed by atoms with Crippen LogP contribution in [0.15, 0.2) is 63.9 Å². The number of anilines is 1. The van der Waals surface area contributed by atoms with E-state index in [2.05, 4.69) is 36.7 Å². The molecule has 0 saturated carbocycles. The quantitative estimate of drug-likeness (QED) is 0.685. The Labute approximate surface area is 151 Å². The number of benzene rings is 1. The van der Waals surface area contributed by atoms with Crippen LogP contribution in [0.3, 0.4) is 0 Å². The van der Waals surface area contributed by atoms with Crippen molar-refractivity contribution in [3.8, 4) is 11.3 Å². The topological polar surface area (TPSA) is 97.1 Å². The number of aromatic nitrogens is 2. The number of carbonyl (C=O) groups excluding carboxylic acids is 2. The van der Waals surface area contributed by atoms with Crippen LogP contribution in [0.25, 0.3) is 11.3 Å². The van der Waals surface area contributed by atoms with E-state index in [9.17, 15) is 9.59 Å². The van der Waals surface area contributed by atoms with Crippen molar-refractivity contribution in [2.45, 2.75) is 0 Å². The van der Waals surface area contributed by atoms with Crippen molar-refractivity contribution in [1.82, 2.24) is 15.5 Å². The lowest BCUT2D eigenvalue weighted by atomic mass is 10.2. The van der Waals surface area contributed by atoms with Gasteiger partial charge in [0.05, 0.1) is 6.54 Å². The SMILES string of the molecule is O=C(CNC(=O)c1cc(-c2ccncc2)on1)Nc1ccc(Br)cc1. The van der Waals surface area contributed by atoms with E-state index in [0.29, 0.717) is 11.4 Å². The molecule has 0 bridgehead atoms. The highest BCUT2D eigenvalue weighted by Gasteiger charge is 2.14. The molecule has 126 valence electrons. The molecule has 2 amide bonds. The number of pyridine rings is 1. The molecule has 0 unspecified atom stereocenters. The van der Waals surface area contributed by atoms with Gasteiger partial charge in [0.25, 0.3) is 5.91 Å². The van der Waals surface area contributed by atoms with E-state index in [4.69, 9.17) is 4.52 Å². The molecule has 0 fully saturated rings. The first kappa shape index (κ1) is 16.8.